The van der Waals surface area contributed by atoms with Crippen molar-refractivity contribution in [3.05, 3.63) is 29.3 Å². The van der Waals surface area contributed by atoms with Gasteiger partial charge in [0.15, 0.2) is 0 Å². The van der Waals surface area contributed by atoms with Gasteiger partial charge in [-0.1, -0.05) is 41.3 Å². The van der Waals surface area contributed by atoms with Gasteiger partial charge in [-0.3, -0.25) is 0 Å². The van der Waals surface area contributed by atoms with E-state index in [1.807, 2.05) is 19.9 Å². The fraction of sp³-hybridized carbons (Fsp3) is 0.625. The zero-order valence-electron chi connectivity index (χ0n) is 12.8. The highest BCUT2D eigenvalue weighted by atomic mass is 79.9. The smallest absolute Gasteiger partial charge is 0.207 e. The van der Waals surface area contributed by atoms with Crippen molar-refractivity contribution in [2.24, 2.45) is 0 Å². The van der Waals surface area contributed by atoms with Crippen molar-refractivity contribution >= 4 is 26.0 Å². The van der Waals surface area contributed by atoms with Gasteiger partial charge in [0, 0.05) is 17.9 Å². The van der Waals surface area contributed by atoms with E-state index in [0.29, 0.717) is 16.8 Å². The van der Waals surface area contributed by atoms with Gasteiger partial charge >= 0.3 is 0 Å². The summed E-state index contributed by atoms with van der Waals surface area (Å²) in [6.45, 7) is 4.51. The maximum absolute atomic E-state index is 13.0. The molecule has 0 unspecified atom stereocenters. The fourth-order valence-electron chi connectivity index (χ4n) is 2.96. The quantitative estimate of drug-likeness (QED) is 0.730. The second-order valence-corrected chi connectivity index (χ2v) is 8.53. The average Bonchev–Trinajstić information content (AvgIpc) is 2.48. The number of nitrogens with zero attached hydrogens (tertiary/aromatic N) is 1. The van der Waals surface area contributed by atoms with Gasteiger partial charge in [-0.05, 0) is 49.9 Å². The van der Waals surface area contributed by atoms with Crippen molar-refractivity contribution < 1.29 is 8.42 Å². The summed E-state index contributed by atoms with van der Waals surface area (Å²) in [5, 5.41) is 0.674. The molecule has 2 rings (SSSR count). The maximum atomic E-state index is 13.0. The van der Waals surface area contributed by atoms with Crippen LogP contribution in [0.1, 0.15) is 43.2 Å². The Kier molecular flexibility index (Phi) is 5.86. The Hall–Kier alpha value is -0.390. The lowest BCUT2D eigenvalue weighted by molar-refractivity contribution is 0.263. The van der Waals surface area contributed by atoms with Gasteiger partial charge in [-0.25, -0.2) is 8.42 Å². The SMILES string of the molecule is Cc1ccc(S(=O)(=O)N(CCBr)C2CCCCC2)cc1C. The predicted octanol–water partition coefficient (Wildman–Crippen LogP) is 4.02. The van der Waals surface area contributed by atoms with Gasteiger partial charge in [-0.2, -0.15) is 4.31 Å². The normalized spacial score (nSPS) is 17.3. The summed E-state index contributed by atoms with van der Waals surface area (Å²) in [6.07, 6.45) is 5.45. The molecule has 1 aromatic carbocycles. The van der Waals surface area contributed by atoms with Crippen LogP contribution >= 0.6 is 15.9 Å². The first-order valence-electron chi connectivity index (χ1n) is 7.62. The molecule has 118 valence electrons. The van der Waals surface area contributed by atoms with E-state index in [-0.39, 0.29) is 6.04 Å². The highest BCUT2D eigenvalue weighted by molar-refractivity contribution is 9.09. The monoisotopic (exact) mass is 373 g/mol. The number of sulfonamides is 1. The third kappa shape index (κ3) is 3.88. The third-order valence-electron chi connectivity index (χ3n) is 4.37. The van der Waals surface area contributed by atoms with Crippen LogP contribution in [0.25, 0.3) is 0 Å². The molecule has 1 aliphatic carbocycles. The lowest BCUT2D eigenvalue weighted by Crippen LogP contribution is -2.42. The number of benzene rings is 1. The molecule has 1 aliphatic rings. The van der Waals surface area contributed by atoms with E-state index in [2.05, 4.69) is 15.9 Å². The minimum atomic E-state index is -3.40. The highest BCUT2D eigenvalue weighted by Gasteiger charge is 2.31. The summed E-state index contributed by atoms with van der Waals surface area (Å²) < 4.78 is 27.7. The molecule has 0 saturated heterocycles. The van der Waals surface area contributed by atoms with Crippen molar-refractivity contribution in [1.29, 1.82) is 0 Å². The minimum absolute atomic E-state index is 0.155. The molecule has 0 radical (unpaired) electrons. The van der Waals surface area contributed by atoms with E-state index in [0.717, 1.165) is 36.8 Å². The van der Waals surface area contributed by atoms with Gasteiger partial charge in [0.1, 0.15) is 0 Å². The molecule has 0 bridgehead atoms. The average molecular weight is 374 g/mol. The van der Waals surface area contributed by atoms with Gasteiger partial charge in [-0.15, -0.1) is 0 Å². The zero-order valence-corrected chi connectivity index (χ0v) is 15.2. The summed E-state index contributed by atoms with van der Waals surface area (Å²) in [7, 11) is -3.40. The predicted molar refractivity (Wildman–Crippen MR) is 90.5 cm³/mol. The third-order valence-corrected chi connectivity index (χ3v) is 6.67. The van der Waals surface area contributed by atoms with Gasteiger partial charge < -0.3 is 0 Å². The van der Waals surface area contributed by atoms with Crippen LogP contribution in [0.4, 0.5) is 0 Å². The lowest BCUT2D eigenvalue weighted by atomic mass is 9.95. The largest absolute Gasteiger partial charge is 0.243 e. The van der Waals surface area contributed by atoms with E-state index >= 15 is 0 Å². The van der Waals surface area contributed by atoms with Crippen molar-refractivity contribution in [3.8, 4) is 0 Å². The molecule has 5 heteroatoms. The second-order valence-electron chi connectivity index (χ2n) is 5.84. The summed E-state index contributed by atoms with van der Waals surface area (Å²) in [5.41, 5.74) is 2.15. The topological polar surface area (TPSA) is 37.4 Å². The summed E-state index contributed by atoms with van der Waals surface area (Å²) in [5.74, 6) is 0. The molecule has 0 aliphatic heterocycles. The Morgan fingerprint density at radius 1 is 1.14 bits per heavy atom. The Morgan fingerprint density at radius 2 is 1.81 bits per heavy atom. The van der Waals surface area contributed by atoms with Crippen molar-refractivity contribution in [1.82, 2.24) is 4.31 Å². The molecule has 0 atom stereocenters. The van der Waals surface area contributed by atoms with Crippen LogP contribution in [0.3, 0.4) is 0 Å². The number of halogens is 1. The number of rotatable bonds is 5. The first-order chi connectivity index (χ1) is 9.96. The maximum Gasteiger partial charge on any atom is 0.243 e. The number of hydrogen-bond donors (Lipinski definition) is 0. The molecule has 1 saturated carbocycles. The molecule has 1 fully saturated rings. The first-order valence-corrected chi connectivity index (χ1v) is 10.2. The molecular weight excluding hydrogens is 350 g/mol. The van der Waals surface area contributed by atoms with Crippen LogP contribution in [0.15, 0.2) is 23.1 Å². The molecule has 3 nitrogen and oxygen atoms in total. The van der Waals surface area contributed by atoms with Gasteiger partial charge in [0.2, 0.25) is 10.0 Å². The zero-order chi connectivity index (χ0) is 15.5. The van der Waals surface area contributed by atoms with Gasteiger partial charge in [0.25, 0.3) is 0 Å². The minimum Gasteiger partial charge on any atom is -0.207 e. The fourth-order valence-corrected chi connectivity index (χ4v) is 5.35. The van der Waals surface area contributed by atoms with Crippen LogP contribution in [0, 0.1) is 13.8 Å². The number of alkyl halides is 1. The Balaban J connectivity index is 2.34. The van der Waals surface area contributed by atoms with E-state index in [4.69, 9.17) is 0 Å². The van der Waals surface area contributed by atoms with Crippen LogP contribution in [0.5, 0.6) is 0 Å². The molecule has 21 heavy (non-hydrogen) atoms. The molecule has 1 aromatic rings. The van der Waals surface area contributed by atoms with E-state index in [9.17, 15) is 8.42 Å². The second kappa shape index (κ2) is 7.25. The molecular formula is C16H24BrNO2S. The Bertz CT molecular complexity index is 580. The number of aryl methyl sites for hydroxylation is 2. The molecule has 0 heterocycles. The Labute approximate surface area is 136 Å². The van der Waals surface area contributed by atoms with Crippen molar-refractivity contribution in [3.63, 3.8) is 0 Å². The van der Waals surface area contributed by atoms with E-state index in [1.165, 1.54) is 6.42 Å². The van der Waals surface area contributed by atoms with Crippen LogP contribution in [-0.4, -0.2) is 30.6 Å². The van der Waals surface area contributed by atoms with Crippen LogP contribution < -0.4 is 0 Å². The van der Waals surface area contributed by atoms with Crippen molar-refractivity contribution in [2.75, 3.05) is 11.9 Å². The summed E-state index contributed by atoms with van der Waals surface area (Å²) in [4.78, 5) is 0.428. The van der Waals surface area contributed by atoms with Crippen LogP contribution in [-0.2, 0) is 10.0 Å². The standard InChI is InChI=1S/C16H24BrNO2S/c1-13-8-9-16(12-14(13)2)21(19,20)18(11-10-17)15-6-4-3-5-7-15/h8-9,12,15H,3-7,10-11H2,1-2H3. The van der Waals surface area contributed by atoms with Gasteiger partial charge in [0.05, 0.1) is 4.90 Å². The molecule has 0 aromatic heterocycles. The molecule has 0 amide bonds. The summed E-state index contributed by atoms with van der Waals surface area (Å²) in [6, 6.07) is 5.59. The van der Waals surface area contributed by atoms with Crippen molar-refractivity contribution in [2.45, 2.75) is 56.9 Å². The lowest BCUT2D eigenvalue weighted by Gasteiger charge is -2.33. The Morgan fingerprint density at radius 3 is 2.38 bits per heavy atom. The van der Waals surface area contributed by atoms with E-state index < -0.39 is 10.0 Å². The van der Waals surface area contributed by atoms with E-state index in [1.54, 1.807) is 16.4 Å². The number of hydrogen-bond acceptors (Lipinski definition) is 2. The first kappa shape index (κ1) is 17.0. The molecule has 0 N–H and O–H groups in total. The van der Waals surface area contributed by atoms with Crippen LogP contribution in [0.2, 0.25) is 0 Å². The highest BCUT2D eigenvalue weighted by Crippen LogP contribution is 2.28. The summed E-state index contributed by atoms with van der Waals surface area (Å²) >= 11 is 3.40. The molecule has 0 spiro atoms.